The fourth-order valence-corrected chi connectivity index (χ4v) is 1.98. The Morgan fingerprint density at radius 2 is 1.76 bits per heavy atom. The number of halogens is 2. The summed E-state index contributed by atoms with van der Waals surface area (Å²) in [7, 11) is 0. The van der Waals surface area contributed by atoms with Crippen molar-refractivity contribution in [2.75, 3.05) is 5.32 Å². The summed E-state index contributed by atoms with van der Waals surface area (Å²) < 4.78 is 26.6. The molecule has 2 aromatic carbocycles. The smallest absolute Gasteiger partial charge is 0.322 e. The van der Waals surface area contributed by atoms with E-state index in [4.69, 9.17) is 0 Å². The maximum Gasteiger partial charge on any atom is 0.323 e. The first-order valence-electron chi connectivity index (χ1n) is 6.01. The zero-order valence-electron chi connectivity index (χ0n) is 10.5. The highest BCUT2D eigenvalue weighted by Gasteiger charge is 2.13. The lowest BCUT2D eigenvalue weighted by atomic mass is 10.2. The van der Waals surface area contributed by atoms with Gasteiger partial charge in [0, 0.05) is 5.69 Å². The lowest BCUT2D eigenvalue weighted by molar-refractivity contribution is 0.102. The van der Waals surface area contributed by atoms with E-state index in [9.17, 15) is 18.4 Å². The molecule has 0 spiro atoms. The number of aromatic nitrogens is 2. The number of imidazole rings is 1. The minimum atomic E-state index is -0.815. The van der Waals surface area contributed by atoms with Crippen LogP contribution >= 0.6 is 0 Å². The maximum absolute atomic E-state index is 13.5. The van der Waals surface area contributed by atoms with E-state index in [1.165, 1.54) is 6.07 Å². The SMILES string of the molecule is O=C(Nc1ccc2[nH]c(=O)[nH]c2c1)c1cc(F)ccc1F. The van der Waals surface area contributed by atoms with Crippen molar-refractivity contribution in [1.82, 2.24) is 9.97 Å². The van der Waals surface area contributed by atoms with Crippen LogP contribution in [0, 0.1) is 11.6 Å². The number of anilines is 1. The molecule has 0 bridgehead atoms. The molecule has 106 valence electrons. The summed E-state index contributed by atoms with van der Waals surface area (Å²) >= 11 is 0. The van der Waals surface area contributed by atoms with E-state index < -0.39 is 23.1 Å². The van der Waals surface area contributed by atoms with E-state index in [1.807, 2.05) is 0 Å². The molecular formula is C14H9F2N3O2. The van der Waals surface area contributed by atoms with Gasteiger partial charge in [-0.2, -0.15) is 0 Å². The van der Waals surface area contributed by atoms with Gasteiger partial charge in [-0.15, -0.1) is 0 Å². The Bertz CT molecular complexity index is 899. The summed E-state index contributed by atoms with van der Waals surface area (Å²) in [6, 6.07) is 7.29. The topological polar surface area (TPSA) is 77.8 Å². The van der Waals surface area contributed by atoms with Crippen molar-refractivity contribution >= 4 is 22.6 Å². The number of fused-ring (bicyclic) bond motifs is 1. The normalized spacial score (nSPS) is 10.8. The minimum absolute atomic E-state index is 0.353. The Morgan fingerprint density at radius 1 is 1.00 bits per heavy atom. The summed E-state index contributed by atoms with van der Waals surface area (Å²) in [5, 5.41) is 2.45. The molecule has 0 aliphatic rings. The lowest BCUT2D eigenvalue weighted by Gasteiger charge is -2.06. The van der Waals surface area contributed by atoms with Crippen LogP contribution in [-0.2, 0) is 0 Å². The molecule has 0 saturated heterocycles. The van der Waals surface area contributed by atoms with Crippen LogP contribution in [0.25, 0.3) is 11.0 Å². The van der Waals surface area contributed by atoms with Gasteiger partial charge in [-0.1, -0.05) is 0 Å². The number of hydrogen-bond acceptors (Lipinski definition) is 2. The molecule has 0 fully saturated rings. The fraction of sp³-hybridized carbons (Fsp3) is 0. The average Bonchev–Trinajstić information content (AvgIpc) is 2.80. The van der Waals surface area contributed by atoms with Gasteiger partial charge < -0.3 is 15.3 Å². The molecule has 0 aliphatic heterocycles. The predicted molar refractivity (Wildman–Crippen MR) is 73.2 cm³/mol. The summed E-state index contributed by atoms with van der Waals surface area (Å²) in [5.74, 6) is -2.29. The van der Waals surface area contributed by atoms with Crippen molar-refractivity contribution in [2.24, 2.45) is 0 Å². The number of aromatic amines is 2. The molecule has 0 unspecified atom stereocenters. The minimum Gasteiger partial charge on any atom is -0.322 e. The van der Waals surface area contributed by atoms with Crippen LogP contribution in [0.4, 0.5) is 14.5 Å². The Hall–Kier alpha value is -2.96. The summed E-state index contributed by atoms with van der Waals surface area (Å²) in [6.45, 7) is 0. The van der Waals surface area contributed by atoms with Gasteiger partial charge in [0.05, 0.1) is 16.6 Å². The molecule has 21 heavy (non-hydrogen) atoms. The lowest BCUT2D eigenvalue weighted by Crippen LogP contribution is -2.14. The molecule has 5 nitrogen and oxygen atoms in total. The van der Waals surface area contributed by atoms with Gasteiger partial charge in [-0.05, 0) is 36.4 Å². The third kappa shape index (κ3) is 2.53. The van der Waals surface area contributed by atoms with Crippen LogP contribution in [0.5, 0.6) is 0 Å². The summed E-state index contributed by atoms with van der Waals surface area (Å²) in [4.78, 5) is 28.2. The summed E-state index contributed by atoms with van der Waals surface area (Å²) in [5.41, 5.74) is 0.668. The van der Waals surface area contributed by atoms with Crippen molar-refractivity contribution in [1.29, 1.82) is 0 Å². The van der Waals surface area contributed by atoms with Crippen LogP contribution in [0.2, 0.25) is 0 Å². The maximum atomic E-state index is 13.5. The third-order valence-electron chi connectivity index (χ3n) is 2.95. The Balaban J connectivity index is 1.92. The second-order valence-electron chi connectivity index (χ2n) is 4.42. The molecule has 1 amide bonds. The molecule has 3 N–H and O–H groups in total. The van der Waals surface area contributed by atoms with Gasteiger partial charge in [-0.25, -0.2) is 13.6 Å². The van der Waals surface area contributed by atoms with Crippen molar-refractivity contribution in [3.8, 4) is 0 Å². The Morgan fingerprint density at radius 3 is 2.57 bits per heavy atom. The quantitative estimate of drug-likeness (QED) is 0.677. The highest BCUT2D eigenvalue weighted by molar-refractivity contribution is 6.05. The molecule has 3 rings (SSSR count). The first-order valence-corrected chi connectivity index (χ1v) is 6.01. The van der Waals surface area contributed by atoms with Crippen LogP contribution in [0.1, 0.15) is 10.4 Å². The largest absolute Gasteiger partial charge is 0.323 e. The molecule has 0 saturated carbocycles. The Labute approximate surface area is 116 Å². The van der Waals surface area contributed by atoms with Gasteiger partial charge >= 0.3 is 5.69 Å². The fourth-order valence-electron chi connectivity index (χ4n) is 1.98. The highest BCUT2D eigenvalue weighted by Crippen LogP contribution is 2.17. The Kier molecular flexibility index (Phi) is 3.02. The van der Waals surface area contributed by atoms with Crippen molar-refractivity contribution in [3.63, 3.8) is 0 Å². The number of rotatable bonds is 2. The number of nitrogens with one attached hydrogen (secondary N) is 3. The standard InChI is InChI=1S/C14H9F2N3O2/c15-7-1-3-10(16)9(5-7)13(20)17-8-2-4-11-12(6-8)19-14(21)18-11/h1-6H,(H,17,20)(H2,18,19,21). The van der Waals surface area contributed by atoms with E-state index in [1.54, 1.807) is 12.1 Å². The molecule has 1 aromatic heterocycles. The van der Waals surface area contributed by atoms with Crippen molar-refractivity contribution in [2.45, 2.75) is 0 Å². The van der Waals surface area contributed by atoms with E-state index in [0.29, 0.717) is 16.7 Å². The third-order valence-corrected chi connectivity index (χ3v) is 2.95. The molecule has 0 radical (unpaired) electrons. The molecule has 0 atom stereocenters. The monoisotopic (exact) mass is 289 g/mol. The van der Waals surface area contributed by atoms with Gasteiger partial charge in [-0.3, -0.25) is 4.79 Å². The number of H-pyrrole nitrogens is 2. The van der Waals surface area contributed by atoms with Gasteiger partial charge in [0.25, 0.3) is 5.91 Å². The molecule has 3 aromatic rings. The number of hydrogen-bond donors (Lipinski definition) is 3. The van der Waals surface area contributed by atoms with Crippen molar-refractivity contribution < 1.29 is 13.6 Å². The molecule has 7 heteroatoms. The molecular weight excluding hydrogens is 280 g/mol. The number of benzene rings is 2. The average molecular weight is 289 g/mol. The molecule has 1 heterocycles. The van der Waals surface area contributed by atoms with E-state index in [-0.39, 0.29) is 5.69 Å². The van der Waals surface area contributed by atoms with E-state index in [2.05, 4.69) is 15.3 Å². The summed E-state index contributed by atoms with van der Waals surface area (Å²) in [6.07, 6.45) is 0. The second kappa shape index (κ2) is 4.86. The van der Waals surface area contributed by atoms with Gasteiger partial charge in [0.15, 0.2) is 0 Å². The van der Waals surface area contributed by atoms with Gasteiger partial charge in [0.1, 0.15) is 11.6 Å². The van der Waals surface area contributed by atoms with Crippen LogP contribution < -0.4 is 11.0 Å². The predicted octanol–water partition coefficient (Wildman–Crippen LogP) is 2.39. The second-order valence-corrected chi connectivity index (χ2v) is 4.42. The first-order chi connectivity index (χ1) is 10.0. The van der Waals surface area contributed by atoms with E-state index >= 15 is 0 Å². The molecule has 0 aliphatic carbocycles. The van der Waals surface area contributed by atoms with Crippen LogP contribution in [0.3, 0.4) is 0 Å². The zero-order chi connectivity index (χ0) is 15.0. The van der Waals surface area contributed by atoms with Crippen LogP contribution in [-0.4, -0.2) is 15.9 Å². The zero-order valence-corrected chi connectivity index (χ0v) is 10.5. The van der Waals surface area contributed by atoms with E-state index in [0.717, 1.165) is 18.2 Å². The number of carbonyl (C=O) groups excluding carboxylic acids is 1. The van der Waals surface area contributed by atoms with Gasteiger partial charge in [0.2, 0.25) is 0 Å². The highest BCUT2D eigenvalue weighted by atomic mass is 19.1. The van der Waals surface area contributed by atoms with Crippen molar-refractivity contribution in [3.05, 3.63) is 64.1 Å². The number of carbonyl (C=O) groups is 1. The number of amides is 1. The first kappa shape index (κ1) is 13.0. The van der Waals surface area contributed by atoms with Crippen LogP contribution in [0.15, 0.2) is 41.2 Å².